The molecule has 2 fully saturated rings. The normalized spacial score (nSPS) is 18.1. The van der Waals surface area contributed by atoms with Crippen molar-refractivity contribution < 1.29 is 78.3 Å². The predicted molar refractivity (Wildman–Crippen MR) is 274 cm³/mol. The number of H-pyrrole nitrogens is 2. The minimum Gasteiger partial charge on any atom is -0.465 e. The van der Waals surface area contributed by atoms with Gasteiger partial charge in [-0.1, -0.05) is 36.4 Å². The number of carbonyl (C=O) groups excluding carboxylic acids is 5. The molecule has 11 N–H and O–H groups in total. The van der Waals surface area contributed by atoms with Gasteiger partial charge in [0, 0.05) is 133 Å². The lowest BCUT2D eigenvalue weighted by molar-refractivity contribution is -0.200. The van der Waals surface area contributed by atoms with E-state index < -0.39 is 78.7 Å². The van der Waals surface area contributed by atoms with Crippen molar-refractivity contribution in [1.29, 1.82) is 0 Å². The number of rotatable bonds is 9. The molecule has 2 aliphatic heterocycles. The highest BCUT2D eigenvalue weighted by Gasteiger charge is 2.30. The average Bonchev–Trinajstić information content (AvgIpc) is 4.12. The molecule has 2 aromatic carbocycles. The lowest BCUT2D eigenvalue weighted by Gasteiger charge is -2.35. The Kier molecular flexibility index (Phi) is 20.0. The van der Waals surface area contributed by atoms with Crippen LogP contribution >= 0.6 is 0 Å². The molecule has 4 aromatic rings. The van der Waals surface area contributed by atoms with Crippen molar-refractivity contribution >= 4 is 81.9 Å². The fourth-order valence-corrected chi connectivity index (χ4v) is 9.18. The van der Waals surface area contributed by atoms with Crippen molar-refractivity contribution in [1.82, 2.24) is 71.0 Å². The number of hydrogen-bond donors (Lipinski definition) is 11. The van der Waals surface area contributed by atoms with Crippen molar-refractivity contribution in [3.8, 4) is 0 Å². The molecule has 30 heteroatoms. The highest BCUT2D eigenvalue weighted by atomic mass is 16.7. The van der Waals surface area contributed by atoms with Crippen LogP contribution in [0.5, 0.6) is 0 Å². The van der Waals surface area contributed by atoms with Crippen LogP contribution in [0.3, 0.4) is 0 Å². The van der Waals surface area contributed by atoms with Gasteiger partial charge in [0.05, 0.1) is 19.1 Å². The molecule has 2 saturated heterocycles. The van der Waals surface area contributed by atoms with E-state index in [4.69, 9.17) is 4.84 Å². The number of amides is 9. The summed E-state index contributed by atoms with van der Waals surface area (Å²) in [6.07, 6.45) is -6.63. The Labute approximate surface area is 445 Å². The van der Waals surface area contributed by atoms with Crippen LogP contribution in [-0.2, 0) is 25.6 Å². The highest BCUT2D eigenvalue weighted by Crippen LogP contribution is 2.30. The number of fused-ring (bicyclic) bond motifs is 2. The second-order valence-corrected chi connectivity index (χ2v) is 18.7. The lowest BCUT2D eigenvalue weighted by atomic mass is 9.98. The molecule has 78 heavy (non-hydrogen) atoms. The molecule has 0 aliphatic carbocycles. The summed E-state index contributed by atoms with van der Waals surface area (Å²) in [5.74, 6) is -3.66. The lowest BCUT2D eigenvalue weighted by Crippen LogP contribution is -2.54. The van der Waals surface area contributed by atoms with Crippen LogP contribution in [0.25, 0.3) is 21.8 Å². The molecular weight excluding hydrogens is 1030 g/mol. The van der Waals surface area contributed by atoms with E-state index in [-0.39, 0.29) is 116 Å². The first kappa shape index (κ1) is 58.4. The monoisotopic (exact) mass is 1090 g/mol. The number of nitrogens with one attached hydrogen (secondary N) is 6. The Balaban J connectivity index is 1.17. The Morgan fingerprint density at radius 1 is 0.500 bits per heavy atom. The number of nitrogens with zero attached hydrogens (tertiary/aromatic N) is 8. The zero-order valence-electron chi connectivity index (χ0n) is 43.1. The smallest absolute Gasteiger partial charge is 0.407 e. The number of carbonyl (C=O) groups is 10. The maximum atomic E-state index is 14.1. The van der Waals surface area contributed by atoms with Crippen molar-refractivity contribution in [2.24, 2.45) is 0 Å². The van der Waals surface area contributed by atoms with E-state index in [1.54, 1.807) is 72.2 Å². The molecule has 2 aromatic heterocycles. The van der Waals surface area contributed by atoms with Crippen molar-refractivity contribution in [3.05, 3.63) is 71.0 Å². The van der Waals surface area contributed by atoms with Crippen molar-refractivity contribution in [3.63, 3.8) is 0 Å². The van der Waals surface area contributed by atoms with Crippen LogP contribution < -0.4 is 21.7 Å². The predicted octanol–water partition coefficient (Wildman–Crippen LogP) is 0.850. The maximum Gasteiger partial charge on any atom is 0.407 e. The number of hydrazine groups is 2. The zero-order valence-corrected chi connectivity index (χ0v) is 43.1. The fraction of sp³-hybridized carbons (Fsp3) is 0.458. The van der Waals surface area contributed by atoms with Gasteiger partial charge in [-0.05, 0) is 37.1 Å². The first-order valence-electron chi connectivity index (χ1n) is 24.8. The molecule has 0 spiro atoms. The van der Waals surface area contributed by atoms with E-state index in [2.05, 4.69) is 31.7 Å². The number of aromatic amines is 2. The molecule has 0 radical (unpaired) electrons. The first-order chi connectivity index (χ1) is 37.1. The summed E-state index contributed by atoms with van der Waals surface area (Å²) in [7, 11) is 0. The van der Waals surface area contributed by atoms with Gasteiger partial charge in [-0.15, -0.1) is 5.06 Å². The third-order valence-corrected chi connectivity index (χ3v) is 13.4. The molecular formula is C48H64N14O16. The van der Waals surface area contributed by atoms with Crippen LogP contribution in [-0.4, -0.2) is 252 Å². The van der Waals surface area contributed by atoms with Gasteiger partial charge >= 0.3 is 36.4 Å². The molecule has 6 rings (SSSR count). The van der Waals surface area contributed by atoms with Gasteiger partial charge in [0.1, 0.15) is 11.4 Å². The number of para-hydroxylation sites is 2. The number of carboxylic acid groups (broad SMARTS) is 5. The van der Waals surface area contributed by atoms with E-state index in [0.29, 0.717) is 32.9 Å². The average molecular weight is 1090 g/mol. The largest absolute Gasteiger partial charge is 0.465 e. The van der Waals surface area contributed by atoms with Crippen LogP contribution in [0, 0.1) is 0 Å². The second kappa shape index (κ2) is 26.7. The molecule has 2 atom stereocenters. The van der Waals surface area contributed by atoms with Gasteiger partial charge in [0.25, 0.3) is 23.6 Å². The number of aromatic nitrogens is 2. The van der Waals surface area contributed by atoms with Gasteiger partial charge in [-0.25, -0.2) is 24.0 Å². The van der Waals surface area contributed by atoms with Crippen molar-refractivity contribution in [2.75, 3.05) is 105 Å². The Morgan fingerprint density at radius 3 is 1.33 bits per heavy atom. The maximum absolute atomic E-state index is 14.1. The standard InChI is InChI=1S/C48H64N14O16/c1-29-25-60(47(74)75)21-19-58(46(72)73)16-15-57(45(70)71)17-20-59(29)28-39(65)52-54-43(67)41-35(33-9-5-7-11-37(33)50-41)24-34-32-8-4-6-10-36(32)49-40(34)42(66)53-51-38(64)27-55-12-14-56(44(68)69)18-22-61(48(76)77)26-30(2)62(23-13-55)78-31(3)63/h4-11,29-30,49-50H,12-28H2,1-3H3,(H,51,64)(H,52,65)(H,53,66)(H,54,67)(H,68,69)(H,70,71)(H,72,73)(H,74,75)(H,76,77). The molecule has 4 heterocycles. The molecule has 30 nitrogen and oxygen atoms in total. The highest BCUT2D eigenvalue weighted by molar-refractivity contribution is 6.05. The summed E-state index contributed by atoms with van der Waals surface area (Å²) in [5.41, 5.74) is 11.6. The van der Waals surface area contributed by atoms with Gasteiger partial charge in [0.2, 0.25) is 0 Å². The van der Waals surface area contributed by atoms with Gasteiger partial charge in [-0.3, -0.25) is 55.5 Å². The Hall–Kier alpha value is -8.90. The van der Waals surface area contributed by atoms with Crippen LogP contribution in [0.2, 0.25) is 0 Å². The summed E-state index contributed by atoms with van der Waals surface area (Å²) in [5, 5.41) is 51.6. The fourth-order valence-electron chi connectivity index (χ4n) is 9.18. The van der Waals surface area contributed by atoms with E-state index in [9.17, 15) is 73.5 Å². The van der Waals surface area contributed by atoms with Crippen LogP contribution in [0.1, 0.15) is 52.9 Å². The molecule has 0 saturated carbocycles. The van der Waals surface area contributed by atoms with Crippen molar-refractivity contribution in [2.45, 2.75) is 39.3 Å². The quantitative estimate of drug-likeness (QED) is 0.104. The summed E-state index contributed by atoms with van der Waals surface area (Å²) >= 11 is 0. The summed E-state index contributed by atoms with van der Waals surface area (Å²) in [6, 6.07) is 12.6. The van der Waals surface area contributed by atoms with E-state index in [1.807, 2.05) is 0 Å². The molecule has 422 valence electrons. The number of hydroxylamine groups is 2. The number of hydrogen-bond acceptors (Lipinski definition) is 14. The third-order valence-electron chi connectivity index (χ3n) is 13.4. The molecule has 9 amide bonds. The second-order valence-electron chi connectivity index (χ2n) is 18.7. The van der Waals surface area contributed by atoms with Crippen LogP contribution in [0.15, 0.2) is 48.5 Å². The summed E-state index contributed by atoms with van der Waals surface area (Å²) in [6.45, 7) is 1.84. The first-order valence-corrected chi connectivity index (χ1v) is 24.8. The topological polar surface area (TPSA) is 387 Å². The summed E-state index contributed by atoms with van der Waals surface area (Å²) in [4.78, 5) is 147. The van der Waals surface area contributed by atoms with Crippen LogP contribution in [0.4, 0.5) is 24.0 Å². The summed E-state index contributed by atoms with van der Waals surface area (Å²) < 4.78 is 0. The van der Waals surface area contributed by atoms with E-state index >= 15 is 0 Å². The third kappa shape index (κ3) is 15.6. The van der Waals surface area contributed by atoms with E-state index in [0.717, 1.165) is 24.5 Å². The van der Waals surface area contributed by atoms with E-state index in [1.165, 1.54) is 12.0 Å². The number of benzene rings is 2. The minimum absolute atomic E-state index is 0.000833. The van der Waals surface area contributed by atoms with Gasteiger partial charge in [-0.2, -0.15) is 0 Å². The minimum atomic E-state index is -1.34. The van der Waals surface area contributed by atoms with Gasteiger partial charge in [0.15, 0.2) is 0 Å². The molecule has 0 bridgehead atoms. The Bertz CT molecular complexity index is 2880. The zero-order chi connectivity index (χ0) is 56.8. The molecule has 2 unspecified atom stereocenters. The van der Waals surface area contributed by atoms with Gasteiger partial charge < -0.3 is 64.8 Å². The molecule has 2 aliphatic rings. The SMILES string of the molecule is CC(=O)ON1CCN(CC(=O)NNC(=O)c2[nH]c3ccccc3c2Cc2c(C(=O)NNC(=O)CN3CCN(C(=O)O)CCN(C(=O)O)CCN(C(=O)O)CC3C)[nH]c3ccccc23)CCN(C(=O)O)CCN(C(=O)O)CC1C. The Morgan fingerprint density at radius 2 is 0.885 bits per heavy atom.